The lowest BCUT2D eigenvalue weighted by atomic mass is 10.0. The molecule has 0 radical (unpaired) electrons. The zero-order valence-corrected chi connectivity index (χ0v) is 50.9. The molecule has 3 N–H and O–H groups in total. The van der Waals surface area contributed by atoms with Crippen LogP contribution in [0.5, 0.6) is 0 Å². The standard InChI is InChI=1S/C58H112O17P2/c1-6-9-12-15-17-19-23-27-32-37-42-56(61)69-48-54(75-58(63)44-39-34-29-25-21-22-26-31-35-40-51(4)5)50-73-77(66,67)71-46-52(59)45-70-76(64,65)72-49-53(47-68-55(60)41-36-30-14-11-8-3)74-57(62)43-38-33-28-24-20-18-16-13-10-7-2/h51-54,59H,6-50H2,1-5H3,(H,64,65)(H,66,67)/t52-,53+,54+/m0/s1. The zero-order valence-electron chi connectivity index (χ0n) is 49.1. The summed E-state index contributed by atoms with van der Waals surface area (Å²) in [6.45, 7) is 7.02. The SMILES string of the molecule is CCCCCCCCCCCCC(=O)OC[C@H](COP(=O)(O)OC[C@@H](O)COP(=O)(O)OC[C@@H](COC(=O)CCCCCCC)OC(=O)CCCCCCCCCCCC)OC(=O)CCCCCCCCCCCC(C)C. The fourth-order valence-electron chi connectivity index (χ4n) is 8.52. The molecule has 456 valence electrons. The van der Waals surface area contributed by atoms with E-state index in [1.165, 1.54) is 103 Å². The fourth-order valence-corrected chi connectivity index (χ4v) is 10.1. The van der Waals surface area contributed by atoms with Gasteiger partial charge in [-0.1, -0.05) is 234 Å². The molecule has 0 aromatic heterocycles. The molecule has 0 aromatic carbocycles. The third-order valence-electron chi connectivity index (χ3n) is 13.3. The lowest BCUT2D eigenvalue weighted by molar-refractivity contribution is -0.161. The van der Waals surface area contributed by atoms with Crippen LogP contribution in [-0.2, 0) is 65.4 Å². The highest BCUT2D eigenvalue weighted by molar-refractivity contribution is 7.47. The number of aliphatic hydroxyl groups is 1. The van der Waals surface area contributed by atoms with Gasteiger partial charge in [-0.15, -0.1) is 0 Å². The molecule has 0 aliphatic carbocycles. The number of esters is 4. The molecule has 0 rings (SSSR count). The van der Waals surface area contributed by atoms with Gasteiger partial charge < -0.3 is 33.8 Å². The normalized spacial score (nSPS) is 14.4. The van der Waals surface area contributed by atoms with Crippen LogP contribution in [-0.4, -0.2) is 96.7 Å². The van der Waals surface area contributed by atoms with Crippen molar-refractivity contribution in [2.75, 3.05) is 39.6 Å². The highest BCUT2D eigenvalue weighted by Crippen LogP contribution is 2.45. The van der Waals surface area contributed by atoms with Crippen LogP contribution in [0.15, 0.2) is 0 Å². The number of phosphoric ester groups is 2. The van der Waals surface area contributed by atoms with E-state index in [1.807, 2.05) is 0 Å². The summed E-state index contributed by atoms with van der Waals surface area (Å²) in [6, 6.07) is 0. The van der Waals surface area contributed by atoms with Crippen molar-refractivity contribution >= 4 is 39.5 Å². The maximum Gasteiger partial charge on any atom is 0.472 e. The first-order chi connectivity index (χ1) is 37.0. The van der Waals surface area contributed by atoms with E-state index in [-0.39, 0.29) is 25.7 Å². The van der Waals surface area contributed by atoms with E-state index in [1.54, 1.807) is 0 Å². The maximum atomic E-state index is 12.9. The second-order valence-electron chi connectivity index (χ2n) is 21.5. The van der Waals surface area contributed by atoms with E-state index in [2.05, 4.69) is 34.6 Å². The Morgan fingerprint density at radius 1 is 0.351 bits per heavy atom. The molecule has 0 saturated heterocycles. The summed E-state index contributed by atoms with van der Waals surface area (Å²) in [5, 5.41) is 10.5. The molecule has 0 bridgehead atoms. The van der Waals surface area contributed by atoms with E-state index in [0.29, 0.717) is 25.7 Å². The molecule has 19 heteroatoms. The number of carbonyl (C=O) groups excluding carboxylic acids is 4. The second-order valence-corrected chi connectivity index (χ2v) is 24.4. The lowest BCUT2D eigenvalue weighted by Gasteiger charge is -2.21. The summed E-state index contributed by atoms with van der Waals surface area (Å²) in [7, 11) is -9.86. The Morgan fingerprint density at radius 2 is 0.597 bits per heavy atom. The Labute approximate surface area is 467 Å². The van der Waals surface area contributed by atoms with Crippen LogP contribution in [0.4, 0.5) is 0 Å². The Kier molecular flexibility index (Phi) is 50.8. The van der Waals surface area contributed by atoms with Crippen molar-refractivity contribution in [3.8, 4) is 0 Å². The first-order valence-electron chi connectivity index (χ1n) is 30.6. The van der Waals surface area contributed by atoms with Crippen LogP contribution in [0.25, 0.3) is 0 Å². The minimum Gasteiger partial charge on any atom is -0.462 e. The number of aliphatic hydroxyl groups excluding tert-OH is 1. The van der Waals surface area contributed by atoms with Crippen molar-refractivity contribution in [2.24, 2.45) is 5.92 Å². The molecule has 0 fully saturated rings. The lowest BCUT2D eigenvalue weighted by Crippen LogP contribution is -2.30. The topological polar surface area (TPSA) is 237 Å². The third kappa shape index (κ3) is 53.2. The molecule has 0 saturated carbocycles. The summed E-state index contributed by atoms with van der Waals surface area (Å²) in [4.78, 5) is 71.6. The van der Waals surface area contributed by atoms with Gasteiger partial charge in [0.15, 0.2) is 12.2 Å². The molecule has 0 heterocycles. The summed E-state index contributed by atoms with van der Waals surface area (Å²) in [6.07, 6.45) is 33.7. The number of carbonyl (C=O) groups is 4. The maximum absolute atomic E-state index is 12.9. The van der Waals surface area contributed by atoms with Crippen molar-refractivity contribution in [3.63, 3.8) is 0 Å². The number of ether oxygens (including phenoxy) is 4. The quantitative estimate of drug-likeness (QED) is 0.0222. The third-order valence-corrected chi connectivity index (χ3v) is 15.2. The molecule has 0 aliphatic rings. The summed E-state index contributed by atoms with van der Waals surface area (Å²) in [5.41, 5.74) is 0. The number of rotatable bonds is 58. The van der Waals surface area contributed by atoms with Crippen LogP contribution < -0.4 is 0 Å². The first-order valence-corrected chi connectivity index (χ1v) is 33.6. The number of unbranched alkanes of at least 4 members (excludes halogenated alkanes) is 30. The molecule has 17 nitrogen and oxygen atoms in total. The summed E-state index contributed by atoms with van der Waals surface area (Å²) < 4.78 is 67.5. The molecule has 0 spiro atoms. The van der Waals surface area contributed by atoms with Gasteiger partial charge in [0.25, 0.3) is 0 Å². The zero-order chi connectivity index (χ0) is 57.1. The molecule has 2 unspecified atom stereocenters. The number of hydrogen-bond donors (Lipinski definition) is 3. The van der Waals surface area contributed by atoms with E-state index in [9.17, 15) is 43.2 Å². The average Bonchev–Trinajstić information content (AvgIpc) is 3.39. The predicted octanol–water partition coefficient (Wildman–Crippen LogP) is 15.5. The molecular formula is C58H112O17P2. The van der Waals surface area contributed by atoms with Gasteiger partial charge >= 0.3 is 39.5 Å². The van der Waals surface area contributed by atoms with Crippen LogP contribution in [0.1, 0.15) is 285 Å². The molecule has 0 aromatic rings. The van der Waals surface area contributed by atoms with Crippen LogP contribution in [0.3, 0.4) is 0 Å². The van der Waals surface area contributed by atoms with Crippen LogP contribution in [0.2, 0.25) is 0 Å². The average molecular weight is 1140 g/mol. The molecule has 0 aliphatic heterocycles. The van der Waals surface area contributed by atoms with E-state index in [4.69, 9.17) is 37.0 Å². The van der Waals surface area contributed by atoms with Crippen LogP contribution in [0, 0.1) is 5.92 Å². The van der Waals surface area contributed by atoms with E-state index in [0.717, 1.165) is 102 Å². The Balaban J connectivity index is 5.18. The van der Waals surface area contributed by atoms with Crippen molar-refractivity contribution < 1.29 is 80.2 Å². The monoisotopic (exact) mass is 1140 g/mol. The van der Waals surface area contributed by atoms with Gasteiger partial charge in [0.1, 0.15) is 19.3 Å². The Morgan fingerprint density at radius 3 is 0.883 bits per heavy atom. The Hall–Kier alpha value is -1.94. The van der Waals surface area contributed by atoms with Crippen molar-refractivity contribution in [2.45, 2.75) is 303 Å². The number of phosphoric acid groups is 2. The van der Waals surface area contributed by atoms with Crippen molar-refractivity contribution in [1.82, 2.24) is 0 Å². The molecule has 5 atom stereocenters. The smallest absolute Gasteiger partial charge is 0.462 e. The van der Waals surface area contributed by atoms with Gasteiger partial charge in [-0.05, 0) is 31.6 Å². The molecular weight excluding hydrogens is 1030 g/mol. The molecule has 77 heavy (non-hydrogen) atoms. The second kappa shape index (κ2) is 52.2. The van der Waals surface area contributed by atoms with E-state index < -0.39 is 97.5 Å². The largest absolute Gasteiger partial charge is 0.472 e. The highest BCUT2D eigenvalue weighted by atomic mass is 31.2. The van der Waals surface area contributed by atoms with Gasteiger partial charge in [0, 0.05) is 25.7 Å². The molecule has 0 amide bonds. The summed E-state index contributed by atoms with van der Waals surface area (Å²) in [5.74, 6) is -1.42. The number of hydrogen-bond acceptors (Lipinski definition) is 15. The first kappa shape index (κ1) is 75.1. The minimum absolute atomic E-state index is 0.105. The van der Waals surface area contributed by atoms with Crippen LogP contribution >= 0.6 is 15.6 Å². The van der Waals surface area contributed by atoms with Crippen molar-refractivity contribution in [1.29, 1.82) is 0 Å². The predicted molar refractivity (Wildman–Crippen MR) is 303 cm³/mol. The highest BCUT2D eigenvalue weighted by Gasteiger charge is 2.30. The summed E-state index contributed by atoms with van der Waals surface area (Å²) >= 11 is 0. The Bertz CT molecular complexity index is 1520. The van der Waals surface area contributed by atoms with E-state index >= 15 is 0 Å². The van der Waals surface area contributed by atoms with Gasteiger partial charge in [0.05, 0.1) is 26.4 Å². The minimum atomic E-state index is -4.93. The van der Waals surface area contributed by atoms with Gasteiger partial charge in [-0.25, -0.2) is 9.13 Å². The van der Waals surface area contributed by atoms with Gasteiger partial charge in [-0.3, -0.25) is 37.3 Å². The van der Waals surface area contributed by atoms with Crippen molar-refractivity contribution in [3.05, 3.63) is 0 Å². The fraction of sp³-hybridized carbons (Fsp3) is 0.931. The van der Waals surface area contributed by atoms with Gasteiger partial charge in [0.2, 0.25) is 0 Å². The van der Waals surface area contributed by atoms with Gasteiger partial charge in [-0.2, -0.15) is 0 Å².